The number of carboxylic acid groups (broad SMARTS) is 2. The van der Waals surface area contributed by atoms with Crippen LogP contribution in [0.3, 0.4) is 0 Å². The first-order valence-corrected chi connectivity index (χ1v) is 14.2. The molecule has 0 bridgehead atoms. The van der Waals surface area contributed by atoms with Crippen LogP contribution < -0.4 is 18.9 Å². The first-order chi connectivity index (χ1) is 20.7. The summed E-state index contributed by atoms with van der Waals surface area (Å²) >= 11 is 0. The van der Waals surface area contributed by atoms with E-state index in [9.17, 15) is 4.79 Å². The van der Waals surface area contributed by atoms with Crippen molar-refractivity contribution in [1.29, 1.82) is 0 Å². The highest BCUT2D eigenvalue weighted by atomic mass is 16.6. The van der Waals surface area contributed by atoms with Gasteiger partial charge in [-0.1, -0.05) is 6.92 Å². The van der Waals surface area contributed by atoms with Gasteiger partial charge in [0, 0.05) is 22.7 Å². The Bertz CT molecular complexity index is 1330. The maximum absolute atomic E-state index is 12.1. The summed E-state index contributed by atoms with van der Waals surface area (Å²) in [6.45, 7) is 15.4. The fourth-order valence-electron chi connectivity index (χ4n) is 3.88. The highest BCUT2D eigenvalue weighted by molar-refractivity contribution is 5.97. The van der Waals surface area contributed by atoms with Crippen molar-refractivity contribution < 1.29 is 48.3 Å². The third-order valence-electron chi connectivity index (χ3n) is 5.61. The van der Waals surface area contributed by atoms with Gasteiger partial charge in [-0.3, -0.25) is 19.4 Å². The molecule has 2 N–H and O–H groups in total. The van der Waals surface area contributed by atoms with Gasteiger partial charge in [0.2, 0.25) is 0 Å². The number of pyridine rings is 1. The van der Waals surface area contributed by atoms with Gasteiger partial charge >= 0.3 is 5.97 Å². The quantitative estimate of drug-likeness (QED) is 0.140. The van der Waals surface area contributed by atoms with Gasteiger partial charge in [-0.2, -0.15) is 0 Å². The summed E-state index contributed by atoms with van der Waals surface area (Å²) < 4.78 is 29.1. The number of aromatic nitrogens is 1. The average Bonchev–Trinajstić information content (AvgIpc) is 2.93. The number of nitrogens with zero attached hydrogens (tertiary/aromatic N) is 1. The van der Waals surface area contributed by atoms with Gasteiger partial charge < -0.3 is 33.9 Å². The second-order valence-electron chi connectivity index (χ2n) is 11.0. The molecule has 0 fully saturated rings. The molecule has 0 aliphatic carbocycles. The van der Waals surface area contributed by atoms with E-state index in [0.717, 1.165) is 45.6 Å². The Morgan fingerprint density at radius 3 is 1.86 bits per heavy atom. The van der Waals surface area contributed by atoms with Gasteiger partial charge in [0.1, 0.15) is 24.7 Å². The number of benzene rings is 2. The van der Waals surface area contributed by atoms with Crippen molar-refractivity contribution in [2.24, 2.45) is 5.41 Å². The fourth-order valence-corrected chi connectivity index (χ4v) is 3.88. The van der Waals surface area contributed by atoms with Crippen LogP contribution in [0.1, 0.15) is 61.1 Å². The average molecular weight is 616 g/mol. The third kappa shape index (κ3) is 12.0. The maximum atomic E-state index is 12.1. The van der Waals surface area contributed by atoms with Crippen LogP contribution in [-0.2, 0) is 25.5 Å². The molecule has 2 aromatic carbocycles. The lowest BCUT2D eigenvalue weighted by atomic mass is 9.97. The number of ether oxygens (including phenoxy) is 5. The molecule has 0 amide bonds. The molecule has 242 valence electrons. The molecule has 11 heteroatoms. The Hall–Kier alpha value is -4.54. The monoisotopic (exact) mass is 615 g/mol. The molecular formula is C33H45NO10. The first kappa shape index (κ1) is 37.5. The maximum Gasteiger partial charge on any atom is 0.311 e. The minimum absolute atomic E-state index is 0.0197. The standard InChI is InChI=1S/C31H41NO6.2CH2O2/c1-10-23-13-21-16-28(35-11-12-36-30(33)31(6,7)8)27(34-9)18-26(21)29(32-23)22-14-24(37-19(2)3)17-25(15-22)38-20(4)5;2*2-1-3/h13-20H,10-12H2,1-9H3;2*1H,(H,2,3). The number of esters is 1. The van der Waals surface area contributed by atoms with Crippen LogP contribution in [0.5, 0.6) is 23.0 Å². The van der Waals surface area contributed by atoms with Crippen molar-refractivity contribution in [2.75, 3.05) is 20.3 Å². The SMILES string of the molecule is CCc1cc2cc(OCCOC(=O)C(C)(C)C)c(OC)cc2c(-c2cc(OC(C)C)cc(OC(C)C)c2)n1.O=CO.O=CO. The minimum Gasteiger partial charge on any atom is -0.493 e. The van der Waals surface area contributed by atoms with E-state index < -0.39 is 5.41 Å². The van der Waals surface area contributed by atoms with Crippen molar-refractivity contribution in [3.63, 3.8) is 0 Å². The second-order valence-corrected chi connectivity index (χ2v) is 11.0. The largest absolute Gasteiger partial charge is 0.493 e. The topological polar surface area (TPSA) is 151 Å². The fraction of sp³-hybridized carbons (Fsp3) is 0.455. The highest BCUT2D eigenvalue weighted by Gasteiger charge is 2.23. The smallest absolute Gasteiger partial charge is 0.311 e. The zero-order chi connectivity index (χ0) is 33.4. The van der Waals surface area contributed by atoms with E-state index >= 15 is 0 Å². The van der Waals surface area contributed by atoms with Gasteiger partial charge in [0.15, 0.2) is 11.5 Å². The van der Waals surface area contributed by atoms with Crippen LogP contribution in [0.2, 0.25) is 0 Å². The zero-order valence-electron chi connectivity index (χ0n) is 27.0. The van der Waals surface area contributed by atoms with Crippen LogP contribution in [0.15, 0.2) is 36.4 Å². The third-order valence-corrected chi connectivity index (χ3v) is 5.61. The molecule has 3 rings (SSSR count). The van der Waals surface area contributed by atoms with E-state index in [4.69, 9.17) is 48.5 Å². The summed E-state index contributed by atoms with van der Waals surface area (Å²) in [5.41, 5.74) is 2.09. The van der Waals surface area contributed by atoms with Crippen molar-refractivity contribution in [3.8, 4) is 34.3 Å². The lowest BCUT2D eigenvalue weighted by Crippen LogP contribution is -2.24. The number of carbonyl (C=O) groups is 3. The molecule has 0 aliphatic heterocycles. The second kappa shape index (κ2) is 18.2. The van der Waals surface area contributed by atoms with E-state index in [2.05, 4.69) is 13.0 Å². The van der Waals surface area contributed by atoms with E-state index in [1.54, 1.807) is 7.11 Å². The Balaban J connectivity index is 0.00000149. The number of carbonyl (C=O) groups excluding carboxylic acids is 1. The number of hydrogen-bond acceptors (Lipinski definition) is 9. The van der Waals surface area contributed by atoms with Gasteiger partial charge in [-0.15, -0.1) is 0 Å². The number of rotatable bonds is 11. The minimum atomic E-state index is -0.557. The first-order valence-electron chi connectivity index (χ1n) is 14.2. The molecule has 11 nitrogen and oxygen atoms in total. The molecule has 0 atom stereocenters. The molecule has 3 aromatic rings. The van der Waals surface area contributed by atoms with Crippen molar-refractivity contribution in [3.05, 3.63) is 42.1 Å². The van der Waals surface area contributed by atoms with Crippen molar-refractivity contribution >= 4 is 29.7 Å². The molecule has 44 heavy (non-hydrogen) atoms. The Morgan fingerprint density at radius 1 is 0.864 bits per heavy atom. The Kier molecular flexibility index (Phi) is 15.5. The summed E-state index contributed by atoms with van der Waals surface area (Å²) in [5, 5.41) is 15.7. The number of hydrogen-bond donors (Lipinski definition) is 2. The normalized spacial score (nSPS) is 10.6. The molecule has 0 saturated carbocycles. The molecule has 0 aliphatic rings. The zero-order valence-corrected chi connectivity index (χ0v) is 27.0. The molecule has 1 aromatic heterocycles. The van der Waals surface area contributed by atoms with Crippen LogP contribution >= 0.6 is 0 Å². The van der Waals surface area contributed by atoms with Crippen LogP contribution in [0, 0.1) is 5.41 Å². The molecule has 0 unspecified atom stereocenters. The van der Waals surface area contributed by atoms with Crippen molar-refractivity contribution in [1.82, 2.24) is 4.98 Å². The lowest BCUT2D eigenvalue weighted by Gasteiger charge is -2.18. The number of methoxy groups -OCH3 is 1. The summed E-state index contributed by atoms with van der Waals surface area (Å²) in [7, 11) is 1.60. The summed E-state index contributed by atoms with van der Waals surface area (Å²) in [6.07, 6.45) is 0.809. The summed E-state index contributed by atoms with van der Waals surface area (Å²) in [6, 6.07) is 11.8. The van der Waals surface area contributed by atoms with Crippen LogP contribution in [-0.4, -0.2) is 66.6 Å². The van der Waals surface area contributed by atoms with E-state index in [1.165, 1.54) is 0 Å². The van der Waals surface area contributed by atoms with E-state index in [-0.39, 0.29) is 44.3 Å². The molecule has 0 spiro atoms. The predicted octanol–water partition coefficient (Wildman–Crippen LogP) is 6.42. The molecular weight excluding hydrogens is 570 g/mol. The Labute approximate surface area is 259 Å². The van der Waals surface area contributed by atoms with Gasteiger partial charge in [0.25, 0.3) is 12.9 Å². The van der Waals surface area contributed by atoms with E-state index in [1.807, 2.05) is 78.8 Å². The lowest BCUT2D eigenvalue weighted by molar-refractivity contribution is -0.153. The number of aryl methyl sites for hydroxylation is 1. The number of fused-ring (bicyclic) bond motifs is 1. The predicted molar refractivity (Wildman–Crippen MR) is 168 cm³/mol. The summed E-state index contributed by atoms with van der Waals surface area (Å²) in [4.78, 5) is 33.8. The van der Waals surface area contributed by atoms with Crippen LogP contribution in [0.25, 0.3) is 22.0 Å². The van der Waals surface area contributed by atoms with Gasteiger partial charge in [-0.05, 0) is 90.6 Å². The Morgan fingerprint density at radius 2 is 1.41 bits per heavy atom. The van der Waals surface area contributed by atoms with Gasteiger partial charge in [0.05, 0.1) is 30.4 Å². The molecule has 0 radical (unpaired) electrons. The van der Waals surface area contributed by atoms with Crippen molar-refractivity contribution in [2.45, 2.75) is 74.0 Å². The summed E-state index contributed by atoms with van der Waals surface area (Å²) in [5.74, 6) is 2.33. The molecule has 0 saturated heterocycles. The highest BCUT2D eigenvalue weighted by Crippen LogP contribution is 2.39. The molecule has 1 heterocycles. The van der Waals surface area contributed by atoms with Crippen LogP contribution in [0.4, 0.5) is 0 Å². The van der Waals surface area contributed by atoms with E-state index in [0.29, 0.717) is 11.5 Å². The van der Waals surface area contributed by atoms with Gasteiger partial charge in [-0.25, -0.2) is 0 Å².